The Balaban J connectivity index is 1.69. The quantitative estimate of drug-likeness (QED) is 0.798. The van der Waals surface area contributed by atoms with Crippen molar-refractivity contribution in [2.24, 2.45) is 11.7 Å². The number of rotatable bonds is 7. The van der Waals surface area contributed by atoms with E-state index in [1.165, 1.54) is 32.1 Å². The van der Waals surface area contributed by atoms with Crippen LogP contribution in [-0.4, -0.2) is 28.6 Å². The summed E-state index contributed by atoms with van der Waals surface area (Å²) in [5, 5.41) is 6.83. The number of hydrogen-bond donors (Lipinski definition) is 2. The van der Waals surface area contributed by atoms with Crippen molar-refractivity contribution in [3.05, 3.63) is 11.7 Å². The molecule has 0 spiro atoms. The van der Waals surface area contributed by atoms with E-state index >= 15 is 0 Å². The van der Waals surface area contributed by atoms with Crippen LogP contribution in [0.25, 0.3) is 0 Å². The molecule has 0 aromatic carbocycles. The maximum Gasteiger partial charge on any atom is 0.226 e. The van der Waals surface area contributed by atoms with Gasteiger partial charge in [0.2, 0.25) is 11.8 Å². The molecule has 0 radical (unpaired) electrons. The number of nitrogens with zero attached hydrogens (tertiary/aromatic N) is 2. The molecule has 1 fully saturated rings. The van der Waals surface area contributed by atoms with Crippen molar-refractivity contribution in [2.45, 2.75) is 64.3 Å². The first-order valence-corrected chi connectivity index (χ1v) is 7.97. The second-order valence-electron chi connectivity index (χ2n) is 5.90. The molecular formula is C15H26N4O2. The summed E-state index contributed by atoms with van der Waals surface area (Å²) in [6, 6.07) is 0.128. The van der Waals surface area contributed by atoms with Gasteiger partial charge in [0.05, 0.1) is 0 Å². The Morgan fingerprint density at radius 3 is 2.81 bits per heavy atom. The summed E-state index contributed by atoms with van der Waals surface area (Å²) in [6.45, 7) is 2.31. The van der Waals surface area contributed by atoms with Crippen LogP contribution in [0.1, 0.15) is 56.7 Å². The van der Waals surface area contributed by atoms with E-state index in [2.05, 4.69) is 15.5 Å². The minimum Gasteiger partial charge on any atom is -0.352 e. The highest BCUT2D eigenvalue weighted by atomic mass is 16.5. The molecule has 1 amide bonds. The van der Waals surface area contributed by atoms with Crippen molar-refractivity contribution < 1.29 is 9.32 Å². The molecule has 2 rings (SSSR count). The van der Waals surface area contributed by atoms with Crippen LogP contribution < -0.4 is 11.1 Å². The van der Waals surface area contributed by atoms with Crippen LogP contribution in [0.15, 0.2) is 4.52 Å². The van der Waals surface area contributed by atoms with Gasteiger partial charge in [-0.05, 0) is 32.1 Å². The van der Waals surface area contributed by atoms with Crippen LogP contribution in [0.5, 0.6) is 0 Å². The van der Waals surface area contributed by atoms with E-state index in [0.29, 0.717) is 37.0 Å². The van der Waals surface area contributed by atoms with Gasteiger partial charge in [0.15, 0.2) is 5.82 Å². The Labute approximate surface area is 125 Å². The van der Waals surface area contributed by atoms with E-state index < -0.39 is 0 Å². The second-order valence-corrected chi connectivity index (χ2v) is 5.90. The largest absolute Gasteiger partial charge is 0.352 e. The highest BCUT2D eigenvalue weighted by Gasteiger charge is 2.23. The standard InChI is InChI=1S/C15H26N4O2/c1-11-17-15(21-19-11)9-5-8-14(20)18-13(10-16)12-6-3-2-4-7-12/h12-13H,2-10,16H2,1H3,(H,18,20). The molecule has 1 unspecified atom stereocenters. The average molecular weight is 294 g/mol. The molecule has 3 N–H and O–H groups in total. The molecule has 1 aromatic rings. The lowest BCUT2D eigenvalue weighted by Gasteiger charge is -2.30. The van der Waals surface area contributed by atoms with Gasteiger partial charge in [-0.15, -0.1) is 0 Å². The summed E-state index contributed by atoms with van der Waals surface area (Å²) in [7, 11) is 0. The van der Waals surface area contributed by atoms with E-state index in [4.69, 9.17) is 10.3 Å². The van der Waals surface area contributed by atoms with Crippen LogP contribution in [-0.2, 0) is 11.2 Å². The summed E-state index contributed by atoms with van der Waals surface area (Å²) in [5.41, 5.74) is 5.83. The van der Waals surface area contributed by atoms with Crippen molar-refractivity contribution in [3.8, 4) is 0 Å². The second kappa shape index (κ2) is 8.12. The third-order valence-electron chi connectivity index (χ3n) is 4.18. The zero-order chi connectivity index (χ0) is 15.1. The number of nitrogens with two attached hydrogens (primary N) is 1. The van der Waals surface area contributed by atoms with Gasteiger partial charge in [0, 0.05) is 25.4 Å². The van der Waals surface area contributed by atoms with Crippen LogP contribution in [0, 0.1) is 12.8 Å². The zero-order valence-corrected chi connectivity index (χ0v) is 12.8. The first-order chi connectivity index (χ1) is 10.2. The maximum atomic E-state index is 12.0. The molecule has 1 aliphatic rings. The fraction of sp³-hybridized carbons (Fsp3) is 0.800. The number of hydrogen-bond acceptors (Lipinski definition) is 5. The van der Waals surface area contributed by atoms with E-state index in [1.54, 1.807) is 6.92 Å². The Bertz CT molecular complexity index is 441. The van der Waals surface area contributed by atoms with Gasteiger partial charge < -0.3 is 15.6 Å². The summed E-state index contributed by atoms with van der Waals surface area (Å²) >= 11 is 0. The number of amides is 1. The Hall–Kier alpha value is -1.43. The van der Waals surface area contributed by atoms with Crippen molar-refractivity contribution in [1.29, 1.82) is 0 Å². The Kier molecular flexibility index (Phi) is 6.17. The van der Waals surface area contributed by atoms with Crippen LogP contribution >= 0.6 is 0 Å². The van der Waals surface area contributed by atoms with Crippen molar-refractivity contribution in [3.63, 3.8) is 0 Å². The Morgan fingerprint density at radius 1 is 1.43 bits per heavy atom. The average Bonchev–Trinajstić information content (AvgIpc) is 2.91. The highest BCUT2D eigenvalue weighted by Crippen LogP contribution is 2.26. The summed E-state index contributed by atoms with van der Waals surface area (Å²) in [4.78, 5) is 16.1. The smallest absolute Gasteiger partial charge is 0.226 e. The predicted octanol–water partition coefficient (Wildman–Crippen LogP) is 1.72. The van der Waals surface area contributed by atoms with Gasteiger partial charge in [-0.2, -0.15) is 4.98 Å². The number of aromatic nitrogens is 2. The van der Waals surface area contributed by atoms with Gasteiger partial charge in [0.1, 0.15) is 0 Å². The van der Waals surface area contributed by atoms with Crippen molar-refractivity contribution in [1.82, 2.24) is 15.5 Å². The fourth-order valence-corrected chi connectivity index (χ4v) is 3.03. The normalized spacial score (nSPS) is 17.6. The molecule has 1 atom stereocenters. The first kappa shape index (κ1) is 15.9. The third kappa shape index (κ3) is 5.12. The summed E-state index contributed by atoms with van der Waals surface area (Å²) < 4.78 is 5.03. The van der Waals surface area contributed by atoms with Crippen molar-refractivity contribution in [2.75, 3.05) is 6.54 Å². The lowest BCUT2D eigenvalue weighted by molar-refractivity contribution is -0.122. The van der Waals surface area contributed by atoms with E-state index in [-0.39, 0.29) is 11.9 Å². The number of aryl methyl sites for hydroxylation is 2. The lowest BCUT2D eigenvalue weighted by Crippen LogP contribution is -2.45. The zero-order valence-electron chi connectivity index (χ0n) is 12.8. The SMILES string of the molecule is Cc1noc(CCCC(=O)NC(CN)C2CCCCC2)n1. The molecule has 21 heavy (non-hydrogen) atoms. The molecule has 0 saturated heterocycles. The minimum absolute atomic E-state index is 0.0762. The monoisotopic (exact) mass is 294 g/mol. The lowest BCUT2D eigenvalue weighted by atomic mass is 9.84. The molecule has 1 aromatic heterocycles. The molecule has 6 heteroatoms. The predicted molar refractivity (Wildman–Crippen MR) is 79.5 cm³/mol. The van der Waals surface area contributed by atoms with Gasteiger partial charge in [0.25, 0.3) is 0 Å². The van der Waals surface area contributed by atoms with Crippen LogP contribution in [0.2, 0.25) is 0 Å². The summed E-state index contributed by atoms with van der Waals surface area (Å²) in [5.74, 6) is 1.86. The number of carbonyl (C=O) groups is 1. The molecule has 0 bridgehead atoms. The molecule has 1 heterocycles. The van der Waals surface area contributed by atoms with Crippen LogP contribution in [0.4, 0.5) is 0 Å². The van der Waals surface area contributed by atoms with Gasteiger partial charge in [-0.25, -0.2) is 0 Å². The number of carbonyl (C=O) groups excluding carboxylic acids is 1. The summed E-state index contributed by atoms with van der Waals surface area (Å²) in [6.07, 6.45) is 8.03. The molecule has 0 aliphatic heterocycles. The van der Waals surface area contributed by atoms with Crippen LogP contribution in [0.3, 0.4) is 0 Å². The minimum atomic E-state index is 0.0762. The van der Waals surface area contributed by atoms with Gasteiger partial charge >= 0.3 is 0 Å². The third-order valence-corrected chi connectivity index (χ3v) is 4.18. The number of nitrogens with one attached hydrogen (secondary N) is 1. The highest BCUT2D eigenvalue weighted by molar-refractivity contribution is 5.76. The first-order valence-electron chi connectivity index (χ1n) is 7.97. The molecule has 118 valence electrons. The molecule has 6 nitrogen and oxygen atoms in total. The van der Waals surface area contributed by atoms with E-state index in [9.17, 15) is 4.79 Å². The topological polar surface area (TPSA) is 94.0 Å². The molecule has 1 aliphatic carbocycles. The van der Waals surface area contributed by atoms with E-state index in [1.807, 2.05) is 0 Å². The van der Waals surface area contributed by atoms with E-state index in [0.717, 1.165) is 6.42 Å². The van der Waals surface area contributed by atoms with Gasteiger partial charge in [-0.3, -0.25) is 4.79 Å². The van der Waals surface area contributed by atoms with Gasteiger partial charge in [-0.1, -0.05) is 24.4 Å². The fourth-order valence-electron chi connectivity index (χ4n) is 3.03. The van der Waals surface area contributed by atoms with Crippen molar-refractivity contribution >= 4 is 5.91 Å². The maximum absolute atomic E-state index is 12.0. The Morgan fingerprint density at radius 2 is 2.19 bits per heavy atom. The molecule has 1 saturated carbocycles. The molecular weight excluding hydrogens is 268 g/mol.